The van der Waals surface area contributed by atoms with Crippen LogP contribution in [0, 0.1) is 23.7 Å². The van der Waals surface area contributed by atoms with E-state index in [9.17, 15) is 9.59 Å². The molecule has 4 nitrogen and oxygen atoms in total. The molecule has 0 saturated heterocycles. The van der Waals surface area contributed by atoms with Crippen molar-refractivity contribution in [2.45, 2.75) is 46.5 Å². The number of carboxylic acid groups (broad SMARTS) is 1. The van der Waals surface area contributed by atoms with Crippen molar-refractivity contribution in [2.75, 3.05) is 6.54 Å². The number of carbonyl (C=O) groups is 2. The second-order valence-electron chi connectivity index (χ2n) is 5.80. The number of rotatable bonds is 5. The predicted octanol–water partition coefficient (Wildman–Crippen LogP) is 2.29. The Labute approximate surface area is 109 Å². The Morgan fingerprint density at radius 1 is 1.28 bits per heavy atom. The van der Waals surface area contributed by atoms with Crippen LogP contribution in [0.5, 0.6) is 0 Å². The van der Waals surface area contributed by atoms with E-state index in [1.165, 1.54) is 25.7 Å². The van der Waals surface area contributed by atoms with E-state index in [4.69, 9.17) is 5.11 Å². The SMILES string of the molecule is CC1CCCC(CNC(=O)C(C)C(C)C(=O)O)C1. The summed E-state index contributed by atoms with van der Waals surface area (Å²) in [5.41, 5.74) is 0. The zero-order chi connectivity index (χ0) is 13.7. The molecular weight excluding hydrogens is 230 g/mol. The Balaban J connectivity index is 2.34. The van der Waals surface area contributed by atoms with Gasteiger partial charge in [-0.1, -0.05) is 33.6 Å². The van der Waals surface area contributed by atoms with Gasteiger partial charge in [0.05, 0.1) is 5.92 Å². The fourth-order valence-corrected chi connectivity index (χ4v) is 2.59. The van der Waals surface area contributed by atoms with Crippen LogP contribution in [0.2, 0.25) is 0 Å². The van der Waals surface area contributed by atoms with Gasteiger partial charge in [-0.3, -0.25) is 9.59 Å². The van der Waals surface area contributed by atoms with E-state index in [1.54, 1.807) is 13.8 Å². The average molecular weight is 255 g/mol. The highest BCUT2D eigenvalue weighted by atomic mass is 16.4. The van der Waals surface area contributed by atoms with E-state index in [1.807, 2.05) is 0 Å². The zero-order valence-corrected chi connectivity index (χ0v) is 11.6. The van der Waals surface area contributed by atoms with Gasteiger partial charge < -0.3 is 10.4 Å². The highest BCUT2D eigenvalue weighted by Gasteiger charge is 2.26. The summed E-state index contributed by atoms with van der Waals surface area (Å²) in [6, 6.07) is 0. The number of amides is 1. The van der Waals surface area contributed by atoms with Crippen molar-refractivity contribution < 1.29 is 14.7 Å². The lowest BCUT2D eigenvalue weighted by Crippen LogP contribution is -2.38. The Bertz CT molecular complexity index is 303. The van der Waals surface area contributed by atoms with Crippen LogP contribution in [0.25, 0.3) is 0 Å². The molecule has 0 aromatic heterocycles. The maximum absolute atomic E-state index is 11.8. The van der Waals surface area contributed by atoms with Gasteiger partial charge in [0.2, 0.25) is 5.91 Å². The molecule has 0 aromatic rings. The van der Waals surface area contributed by atoms with E-state index < -0.39 is 17.8 Å². The third-order valence-electron chi connectivity index (χ3n) is 4.16. The lowest BCUT2D eigenvalue weighted by atomic mass is 9.82. The topological polar surface area (TPSA) is 66.4 Å². The number of nitrogens with one attached hydrogen (secondary N) is 1. The highest BCUT2D eigenvalue weighted by Crippen LogP contribution is 2.28. The Morgan fingerprint density at radius 3 is 2.50 bits per heavy atom. The summed E-state index contributed by atoms with van der Waals surface area (Å²) < 4.78 is 0. The molecule has 0 bridgehead atoms. The smallest absolute Gasteiger partial charge is 0.307 e. The third-order valence-corrected chi connectivity index (χ3v) is 4.16. The van der Waals surface area contributed by atoms with E-state index in [0.717, 1.165) is 5.92 Å². The molecule has 4 heteroatoms. The zero-order valence-electron chi connectivity index (χ0n) is 11.6. The lowest BCUT2D eigenvalue weighted by Gasteiger charge is -2.27. The minimum absolute atomic E-state index is 0.136. The Kier molecular flexibility index (Phi) is 5.63. The van der Waals surface area contributed by atoms with Gasteiger partial charge >= 0.3 is 5.97 Å². The number of carbonyl (C=O) groups excluding carboxylic acids is 1. The average Bonchev–Trinajstić information content (AvgIpc) is 2.34. The summed E-state index contributed by atoms with van der Waals surface area (Å²) in [5, 5.41) is 11.8. The van der Waals surface area contributed by atoms with Crippen LogP contribution in [0.15, 0.2) is 0 Å². The third kappa shape index (κ3) is 4.31. The summed E-state index contributed by atoms with van der Waals surface area (Å²) in [4.78, 5) is 22.7. The minimum Gasteiger partial charge on any atom is -0.481 e. The summed E-state index contributed by atoms with van der Waals surface area (Å²) in [6.45, 7) is 6.20. The quantitative estimate of drug-likeness (QED) is 0.792. The van der Waals surface area contributed by atoms with Crippen LogP contribution in [0.1, 0.15) is 46.5 Å². The molecule has 4 unspecified atom stereocenters. The first-order valence-electron chi connectivity index (χ1n) is 6.92. The van der Waals surface area contributed by atoms with Crippen molar-refractivity contribution in [1.29, 1.82) is 0 Å². The largest absolute Gasteiger partial charge is 0.481 e. The molecule has 1 rings (SSSR count). The summed E-state index contributed by atoms with van der Waals surface area (Å²) >= 11 is 0. The first kappa shape index (κ1) is 15.0. The van der Waals surface area contributed by atoms with Gasteiger partial charge in [0.1, 0.15) is 0 Å². The van der Waals surface area contributed by atoms with Crippen molar-refractivity contribution in [1.82, 2.24) is 5.32 Å². The van der Waals surface area contributed by atoms with Gasteiger partial charge in [0.15, 0.2) is 0 Å². The Morgan fingerprint density at radius 2 is 1.94 bits per heavy atom. The number of aliphatic carboxylic acids is 1. The van der Waals surface area contributed by atoms with Crippen LogP contribution in [-0.2, 0) is 9.59 Å². The van der Waals surface area contributed by atoms with Crippen molar-refractivity contribution in [2.24, 2.45) is 23.7 Å². The van der Waals surface area contributed by atoms with Crippen LogP contribution in [-0.4, -0.2) is 23.5 Å². The normalized spacial score (nSPS) is 27.3. The molecule has 1 saturated carbocycles. The van der Waals surface area contributed by atoms with Gasteiger partial charge in [-0.15, -0.1) is 0 Å². The Hall–Kier alpha value is -1.06. The molecule has 104 valence electrons. The van der Waals surface area contributed by atoms with Gasteiger partial charge in [0, 0.05) is 12.5 Å². The molecule has 2 N–H and O–H groups in total. The van der Waals surface area contributed by atoms with Crippen LogP contribution in [0.3, 0.4) is 0 Å². The molecule has 0 radical (unpaired) electrons. The first-order chi connectivity index (χ1) is 8.41. The molecule has 1 fully saturated rings. The fourth-order valence-electron chi connectivity index (χ4n) is 2.59. The van der Waals surface area contributed by atoms with Crippen LogP contribution < -0.4 is 5.32 Å². The van der Waals surface area contributed by atoms with Crippen molar-refractivity contribution in [3.05, 3.63) is 0 Å². The molecule has 0 aromatic carbocycles. The maximum Gasteiger partial charge on any atom is 0.307 e. The molecule has 4 atom stereocenters. The van der Waals surface area contributed by atoms with Crippen LogP contribution in [0.4, 0.5) is 0 Å². The molecule has 18 heavy (non-hydrogen) atoms. The van der Waals surface area contributed by atoms with Crippen molar-refractivity contribution in [3.63, 3.8) is 0 Å². The van der Waals surface area contributed by atoms with Gasteiger partial charge in [-0.2, -0.15) is 0 Å². The molecule has 0 heterocycles. The first-order valence-corrected chi connectivity index (χ1v) is 6.92. The molecule has 0 aliphatic heterocycles. The fraction of sp³-hybridized carbons (Fsp3) is 0.857. The van der Waals surface area contributed by atoms with E-state index in [2.05, 4.69) is 12.2 Å². The van der Waals surface area contributed by atoms with E-state index >= 15 is 0 Å². The molecule has 1 aliphatic carbocycles. The molecule has 1 aliphatic rings. The van der Waals surface area contributed by atoms with Gasteiger partial charge in [-0.25, -0.2) is 0 Å². The van der Waals surface area contributed by atoms with Crippen molar-refractivity contribution >= 4 is 11.9 Å². The standard InChI is InChI=1S/C14H25NO3/c1-9-5-4-6-12(7-9)8-15-13(16)10(2)11(3)14(17)18/h9-12H,4-8H2,1-3H3,(H,15,16)(H,17,18). The summed E-state index contributed by atoms with van der Waals surface area (Å²) in [6.07, 6.45) is 4.87. The van der Waals surface area contributed by atoms with E-state index in [0.29, 0.717) is 12.5 Å². The number of hydrogen-bond acceptors (Lipinski definition) is 2. The molecule has 1 amide bonds. The van der Waals surface area contributed by atoms with Crippen LogP contribution >= 0.6 is 0 Å². The summed E-state index contributed by atoms with van der Waals surface area (Å²) in [7, 11) is 0. The lowest BCUT2D eigenvalue weighted by molar-refractivity contribution is -0.146. The van der Waals surface area contributed by atoms with E-state index in [-0.39, 0.29) is 5.91 Å². The second kappa shape index (κ2) is 6.76. The number of hydrogen-bond donors (Lipinski definition) is 2. The van der Waals surface area contributed by atoms with Gasteiger partial charge in [-0.05, 0) is 24.7 Å². The monoisotopic (exact) mass is 255 g/mol. The number of carboxylic acids is 1. The minimum atomic E-state index is -0.913. The predicted molar refractivity (Wildman–Crippen MR) is 70.1 cm³/mol. The van der Waals surface area contributed by atoms with Gasteiger partial charge in [0.25, 0.3) is 0 Å². The molecule has 0 spiro atoms. The summed E-state index contributed by atoms with van der Waals surface area (Å²) in [5.74, 6) is -0.841. The van der Waals surface area contributed by atoms with Crippen molar-refractivity contribution in [3.8, 4) is 0 Å². The second-order valence-corrected chi connectivity index (χ2v) is 5.80. The highest BCUT2D eigenvalue weighted by molar-refractivity contribution is 5.84. The maximum atomic E-state index is 11.8. The molecular formula is C14H25NO3.